The summed E-state index contributed by atoms with van der Waals surface area (Å²) in [5.74, 6) is 1.12. The van der Waals surface area contributed by atoms with E-state index in [4.69, 9.17) is 16.7 Å². The van der Waals surface area contributed by atoms with Gasteiger partial charge in [0.2, 0.25) is 0 Å². The zero-order valence-corrected chi connectivity index (χ0v) is 10.5. The van der Waals surface area contributed by atoms with Crippen LogP contribution in [0.3, 0.4) is 0 Å². The highest BCUT2D eigenvalue weighted by atomic mass is 35.5. The van der Waals surface area contributed by atoms with Crippen LogP contribution >= 0.6 is 11.6 Å². The van der Waals surface area contributed by atoms with E-state index in [-0.39, 0.29) is 6.61 Å². The molecular weight excluding hydrogens is 222 g/mol. The number of aliphatic hydroxyl groups excluding tert-OH is 1. The summed E-state index contributed by atoms with van der Waals surface area (Å²) in [6, 6.07) is 10.3. The van der Waals surface area contributed by atoms with Crippen molar-refractivity contribution in [2.75, 3.05) is 25.6 Å². The summed E-state index contributed by atoms with van der Waals surface area (Å²) >= 11 is 5.81. The molecule has 0 fully saturated rings. The van der Waals surface area contributed by atoms with Crippen LogP contribution in [0.25, 0.3) is 0 Å². The molecule has 0 aliphatic rings. The van der Waals surface area contributed by atoms with Gasteiger partial charge in [-0.2, -0.15) is 0 Å². The fourth-order valence-electron chi connectivity index (χ4n) is 1.71. The fourth-order valence-corrected chi connectivity index (χ4v) is 1.81. The molecule has 1 N–H and O–H groups in total. The SMILES string of the molecule is CC(CCl)CN(CCO)Cc1ccccc1. The molecule has 0 spiro atoms. The van der Waals surface area contributed by atoms with Gasteiger partial charge in [0, 0.05) is 25.5 Å². The van der Waals surface area contributed by atoms with Gasteiger partial charge in [-0.15, -0.1) is 11.6 Å². The van der Waals surface area contributed by atoms with Crippen LogP contribution in [0, 0.1) is 5.92 Å². The van der Waals surface area contributed by atoms with E-state index in [2.05, 4.69) is 24.0 Å². The number of rotatable bonds is 7. The molecular formula is C13H20ClNO. The van der Waals surface area contributed by atoms with Crippen LogP contribution in [0.4, 0.5) is 0 Å². The predicted octanol–water partition coefficient (Wildman–Crippen LogP) is 2.36. The van der Waals surface area contributed by atoms with Crippen LogP contribution in [0.1, 0.15) is 12.5 Å². The van der Waals surface area contributed by atoms with E-state index in [1.54, 1.807) is 0 Å². The molecule has 2 nitrogen and oxygen atoms in total. The molecule has 3 heteroatoms. The third-order valence-electron chi connectivity index (χ3n) is 2.50. The minimum atomic E-state index is 0.196. The molecule has 90 valence electrons. The lowest BCUT2D eigenvalue weighted by Gasteiger charge is -2.24. The van der Waals surface area contributed by atoms with Crippen molar-refractivity contribution in [2.24, 2.45) is 5.92 Å². The standard InChI is InChI=1S/C13H20ClNO/c1-12(9-14)10-15(7-8-16)11-13-5-3-2-4-6-13/h2-6,12,16H,7-11H2,1H3. The van der Waals surface area contributed by atoms with E-state index < -0.39 is 0 Å². The Kier molecular flexibility index (Phi) is 6.46. The van der Waals surface area contributed by atoms with Gasteiger partial charge in [0.05, 0.1) is 6.61 Å². The minimum Gasteiger partial charge on any atom is -0.395 e. The molecule has 1 rings (SSSR count). The molecule has 16 heavy (non-hydrogen) atoms. The van der Waals surface area contributed by atoms with E-state index in [1.165, 1.54) is 5.56 Å². The lowest BCUT2D eigenvalue weighted by molar-refractivity contribution is 0.176. The quantitative estimate of drug-likeness (QED) is 0.741. The summed E-state index contributed by atoms with van der Waals surface area (Å²) in [6.45, 7) is 4.84. The largest absolute Gasteiger partial charge is 0.395 e. The molecule has 0 aromatic heterocycles. The van der Waals surface area contributed by atoms with Crippen molar-refractivity contribution in [3.05, 3.63) is 35.9 Å². The van der Waals surface area contributed by atoms with Crippen molar-refractivity contribution in [1.82, 2.24) is 4.90 Å². The van der Waals surface area contributed by atoms with Crippen LogP contribution < -0.4 is 0 Å². The first-order chi connectivity index (χ1) is 7.76. The Hall–Kier alpha value is -0.570. The average Bonchev–Trinajstić information content (AvgIpc) is 2.30. The zero-order valence-electron chi connectivity index (χ0n) is 9.77. The average molecular weight is 242 g/mol. The first kappa shape index (κ1) is 13.5. The van der Waals surface area contributed by atoms with Crippen LogP contribution in [0.5, 0.6) is 0 Å². The Morgan fingerprint density at radius 2 is 2.00 bits per heavy atom. The van der Waals surface area contributed by atoms with Crippen LogP contribution in [-0.2, 0) is 6.54 Å². The van der Waals surface area contributed by atoms with Gasteiger partial charge in [-0.25, -0.2) is 0 Å². The van der Waals surface area contributed by atoms with Gasteiger partial charge in [0.1, 0.15) is 0 Å². The third kappa shape index (κ3) is 4.97. The number of benzene rings is 1. The summed E-state index contributed by atoms with van der Waals surface area (Å²) in [6.07, 6.45) is 0. The highest BCUT2D eigenvalue weighted by Gasteiger charge is 2.09. The Morgan fingerprint density at radius 3 is 2.56 bits per heavy atom. The van der Waals surface area contributed by atoms with E-state index in [0.29, 0.717) is 18.3 Å². The molecule has 1 unspecified atom stereocenters. The van der Waals surface area contributed by atoms with Crippen molar-refractivity contribution in [3.8, 4) is 0 Å². The molecule has 0 aliphatic carbocycles. The maximum atomic E-state index is 9.03. The first-order valence-electron chi connectivity index (χ1n) is 5.69. The van der Waals surface area contributed by atoms with Crippen molar-refractivity contribution >= 4 is 11.6 Å². The van der Waals surface area contributed by atoms with Crippen molar-refractivity contribution < 1.29 is 5.11 Å². The van der Waals surface area contributed by atoms with Crippen LogP contribution in [0.15, 0.2) is 30.3 Å². The molecule has 0 radical (unpaired) electrons. The highest BCUT2D eigenvalue weighted by Crippen LogP contribution is 2.08. The number of aliphatic hydroxyl groups is 1. The Labute approximate surface area is 103 Å². The molecule has 0 heterocycles. The summed E-state index contributed by atoms with van der Waals surface area (Å²) in [5.41, 5.74) is 1.28. The Balaban J connectivity index is 2.50. The molecule has 0 aliphatic heterocycles. The second-order valence-corrected chi connectivity index (χ2v) is 4.51. The first-order valence-corrected chi connectivity index (χ1v) is 6.22. The van der Waals surface area contributed by atoms with Gasteiger partial charge in [-0.05, 0) is 11.5 Å². The van der Waals surface area contributed by atoms with Gasteiger partial charge in [0.15, 0.2) is 0 Å². The number of nitrogens with zero attached hydrogens (tertiary/aromatic N) is 1. The summed E-state index contributed by atoms with van der Waals surface area (Å²) < 4.78 is 0. The topological polar surface area (TPSA) is 23.5 Å². The van der Waals surface area contributed by atoms with E-state index in [0.717, 1.165) is 13.1 Å². The lowest BCUT2D eigenvalue weighted by Crippen LogP contribution is -2.31. The molecule has 1 aromatic rings. The number of hydrogen-bond acceptors (Lipinski definition) is 2. The normalized spacial score (nSPS) is 13.0. The van der Waals surface area contributed by atoms with Gasteiger partial charge in [0.25, 0.3) is 0 Å². The molecule has 1 aromatic carbocycles. The number of hydrogen-bond donors (Lipinski definition) is 1. The van der Waals surface area contributed by atoms with Gasteiger partial charge < -0.3 is 5.11 Å². The molecule has 0 saturated heterocycles. The second kappa shape index (κ2) is 7.66. The van der Waals surface area contributed by atoms with E-state index in [9.17, 15) is 0 Å². The maximum Gasteiger partial charge on any atom is 0.0558 e. The van der Waals surface area contributed by atoms with Crippen molar-refractivity contribution in [2.45, 2.75) is 13.5 Å². The molecule has 0 saturated carbocycles. The maximum absolute atomic E-state index is 9.03. The number of halogens is 1. The van der Waals surface area contributed by atoms with Crippen molar-refractivity contribution in [1.29, 1.82) is 0 Å². The van der Waals surface area contributed by atoms with Gasteiger partial charge >= 0.3 is 0 Å². The molecule has 0 bridgehead atoms. The monoisotopic (exact) mass is 241 g/mol. The lowest BCUT2D eigenvalue weighted by atomic mass is 10.1. The molecule has 1 atom stereocenters. The summed E-state index contributed by atoms with van der Waals surface area (Å²) in [4.78, 5) is 2.24. The summed E-state index contributed by atoms with van der Waals surface area (Å²) in [5, 5.41) is 9.03. The Morgan fingerprint density at radius 1 is 1.31 bits per heavy atom. The van der Waals surface area contributed by atoms with Gasteiger partial charge in [-0.3, -0.25) is 4.90 Å². The Bertz CT molecular complexity index is 279. The number of alkyl halides is 1. The van der Waals surface area contributed by atoms with Gasteiger partial charge in [-0.1, -0.05) is 37.3 Å². The third-order valence-corrected chi connectivity index (χ3v) is 3.03. The van der Waals surface area contributed by atoms with Crippen molar-refractivity contribution in [3.63, 3.8) is 0 Å². The minimum absolute atomic E-state index is 0.196. The predicted molar refractivity (Wildman–Crippen MR) is 68.7 cm³/mol. The van der Waals surface area contributed by atoms with E-state index >= 15 is 0 Å². The van der Waals surface area contributed by atoms with E-state index in [1.807, 2.05) is 18.2 Å². The second-order valence-electron chi connectivity index (χ2n) is 4.20. The highest BCUT2D eigenvalue weighted by molar-refractivity contribution is 6.18. The summed E-state index contributed by atoms with van der Waals surface area (Å²) in [7, 11) is 0. The van der Waals surface area contributed by atoms with Crippen LogP contribution in [-0.4, -0.2) is 35.6 Å². The smallest absolute Gasteiger partial charge is 0.0558 e. The zero-order chi connectivity index (χ0) is 11.8. The van der Waals surface area contributed by atoms with Crippen LogP contribution in [0.2, 0.25) is 0 Å². The molecule has 0 amide bonds. The fraction of sp³-hybridized carbons (Fsp3) is 0.538.